The number of methoxy groups -OCH3 is 1. The van der Waals surface area contributed by atoms with E-state index in [1.54, 1.807) is 7.11 Å². The van der Waals surface area contributed by atoms with E-state index in [1.165, 1.54) is 16.9 Å². The van der Waals surface area contributed by atoms with E-state index >= 15 is 0 Å². The molecule has 3 heteroatoms. The minimum absolute atomic E-state index is 0.435. The Balaban J connectivity index is 2.45. The Morgan fingerprint density at radius 2 is 2.22 bits per heavy atom. The average Bonchev–Trinajstić information content (AvgIpc) is 2.41. The zero-order valence-electron chi connectivity index (χ0n) is 11.7. The van der Waals surface area contributed by atoms with Crippen molar-refractivity contribution in [1.82, 2.24) is 5.32 Å². The highest BCUT2D eigenvalue weighted by molar-refractivity contribution is 7.99. The molecule has 1 N–H and O–H groups in total. The molecule has 0 saturated heterocycles. The lowest BCUT2D eigenvalue weighted by molar-refractivity contribution is 0.200. The van der Waals surface area contributed by atoms with Crippen molar-refractivity contribution in [2.75, 3.05) is 26.0 Å². The van der Waals surface area contributed by atoms with E-state index in [2.05, 4.69) is 43.4 Å². The molecule has 1 atom stereocenters. The van der Waals surface area contributed by atoms with E-state index in [9.17, 15) is 0 Å². The zero-order valence-corrected chi connectivity index (χ0v) is 12.6. The summed E-state index contributed by atoms with van der Waals surface area (Å²) in [5.74, 6) is 1.12. The molecule has 0 amide bonds. The van der Waals surface area contributed by atoms with E-state index in [-0.39, 0.29) is 0 Å². The van der Waals surface area contributed by atoms with Gasteiger partial charge in [0.05, 0.1) is 0 Å². The lowest BCUT2D eigenvalue weighted by atomic mass is 10.1. The first kappa shape index (κ1) is 15.5. The summed E-state index contributed by atoms with van der Waals surface area (Å²) < 4.78 is 5.06. The van der Waals surface area contributed by atoms with Gasteiger partial charge in [0, 0.05) is 30.4 Å². The topological polar surface area (TPSA) is 21.3 Å². The standard InChI is InChI=1S/C15H25NOS/c1-4-9-16-13(2)14-7-5-8-15(12-14)18-11-6-10-17-3/h5,7-8,12-13,16H,4,6,9-11H2,1-3H3. The lowest BCUT2D eigenvalue weighted by Gasteiger charge is -2.14. The summed E-state index contributed by atoms with van der Waals surface area (Å²) in [6, 6.07) is 9.27. The molecule has 0 aliphatic heterocycles. The predicted octanol–water partition coefficient (Wildman–Crippen LogP) is 3.88. The molecule has 1 rings (SSSR count). The van der Waals surface area contributed by atoms with Crippen LogP contribution in [0, 0.1) is 0 Å². The second-order valence-corrected chi connectivity index (χ2v) is 5.61. The summed E-state index contributed by atoms with van der Waals surface area (Å²) in [5.41, 5.74) is 1.38. The fourth-order valence-electron chi connectivity index (χ4n) is 1.75. The van der Waals surface area contributed by atoms with Crippen LogP contribution in [0.3, 0.4) is 0 Å². The van der Waals surface area contributed by atoms with E-state index in [4.69, 9.17) is 4.74 Å². The Hall–Kier alpha value is -0.510. The van der Waals surface area contributed by atoms with E-state index < -0.39 is 0 Å². The Morgan fingerprint density at radius 1 is 1.39 bits per heavy atom. The number of hydrogen-bond donors (Lipinski definition) is 1. The molecule has 1 aromatic rings. The maximum Gasteiger partial charge on any atom is 0.0470 e. The third-order valence-electron chi connectivity index (χ3n) is 2.82. The Bertz CT molecular complexity index is 330. The van der Waals surface area contributed by atoms with Crippen LogP contribution in [0.15, 0.2) is 29.2 Å². The first-order valence-electron chi connectivity index (χ1n) is 6.73. The number of ether oxygens (including phenoxy) is 1. The van der Waals surface area contributed by atoms with Gasteiger partial charge in [0.2, 0.25) is 0 Å². The third-order valence-corrected chi connectivity index (χ3v) is 3.90. The van der Waals surface area contributed by atoms with Crippen LogP contribution in [0.25, 0.3) is 0 Å². The van der Waals surface area contributed by atoms with Crippen LogP contribution in [0.1, 0.15) is 38.3 Å². The molecule has 0 heterocycles. The largest absolute Gasteiger partial charge is 0.385 e. The Kier molecular flexibility index (Phi) is 8.14. The first-order valence-corrected chi connectivity index (χ1v) is 7.71. The number of thioether (sulfide) groups is 1. The van der Waals surface area contributed by atoms with Crippen molar-refractivity contribution in [3.05, 3.63) is 29.8 Å². The average molecular weight is 267 g/mol. The molecule has 0 aromatic heterocycles. The molecule has 0 spiro atoms. The van der Waals surface area contributed by atoms with Crippen molar-refractivity contribution < 1.29 is 4.74 Å². The van der Waals surface area contributed by atoms with Crippen LogP contribution in [0.4, 0.5) is 0 Å². The molecule has 0 radical (unpaired) electrons. The fourth-order valence-corrected chi connectivity index (χ4v) is 2.64. The summed E-state index contributed by atoms with van der Waals surface area (Å²) in [5, 5.41) is 3.52. The van der Waals surface area contributed by atoms with Crippen molar-refractivity contribution in [2.24, 2.45) is 0 Å². The summed E-state index contributed by atoms with van der Waals surface area (Å²) in [6.07, 6.45) is 2.28. The second-order valence-electron chi connectivity index (χ2n) is 4.44. The number of rotatable bonds is 9. The summed E-state index contributed by atoms with van der Waals surface area (Å²) in [4.78, 5) is 1.36. The quantitative estimate of drug-likeness (QED) is 0.542. The summed E-state index contributed by atoms with van der Waals surface area (Å²) in [6.45, 7) is 6.35. The fraction of sp³-hybridized carbons (Fsp3) is 0.600. The lowest BCUT2D eigenvalue weighted by Crippen LogP contribution is -2.19. The molecular formula is C15H25NOS. The zero-order chi connectivity index (χ0) is 13.2. The maximum atomic E-state index is 5.06. The van der Waals surface area contributed by atoms with Crippen LogP contribution >= 0.6 is 11.8 Å². The van der Waals surface area contributed by atoms with Crippen molar-refractivity contribution in [3.8, 4) is 0 Å². The molecule has 1 aromatic carbocycles. The van der Waals surface area contributed by atoms with Gasteiger partial charge in [-0.15, -0.1) is 11.8 Å². The first-order chi connectivity index (χ1) is 8.77. The number of nitrogens with one attached hydrogen (secondary N) is 1. The van der Waals surface area contributed by atoms with Crippen LogP contribution in [-0.2, 0) is 4.74 Å². The van der Waals surface area contributed by atoms with Crippen LogP contribution < -0.4 is 5.32 Å². The molecule has 0 aliphatic rings. The molecule has 0 aliphatic carbocycles. The minimum atomic E-state index is 0.435. The van der Waals surface area contributed by atoms with Gasteiger partial charge in [-0.1, -0.05) is 19.1 Å². The molecular weight excluding hydrogens is 242 g/mol. The SMILES string of the molecule is CCCNC(C)c1cccc(SCCCOC)c1. The van der Waals surface area contributed by atoms with Crippen LogP contribution in [0.2, 0.25) is 0 Å². The molecule has 18 heavy (non-hydrogen) atoms. The molecule has 1 unspecified atom stereocenters. The van der Waals surface area contributed by atoms with Crippen molar-refractivity contribution >= 4 is 11.8 Å². The van der Waals surface area contributed by atoms with Gasteiger partial charge < -0.3 is 10.1 Å². The maximum absolute atomic E-state index is 5.06. The molecule has 0 saturated carbocycles. The number of benzene rings is 1. The smallest absolute Gasteiger partial charge is 0.0470 e. The molecule has 0 fully saturated rings. The summed E-state index contributed by atoms with van der Waals surface area (Å²) >= 11 is 1.91. The highest BCUT2D eigenvalue weighted by Crippen LogP contribution is 2.22. The van der Waals surface area contributed by atoms with Crippen molar-refractivity contribution in [1.29, 1.82) is 0 Å². The normalized spacial score (nSPS) is 12.6. The van der Waals surface area contributed by atoms with Crippen LogP contribution in [0.5, 0.6) is 0 Å². The van der Waals surface area contributed by atoms with E-state index in [0.717, 1.165) is 25.3 Å². The van der Waals surface area contributed by atoms with Gasteiger partial charge in [-0.25, -0.2) is 0 Å². The van der Waals surface area contributed by atoms with Gasteiger partial charge in [0.25, 0.3) is 0 Å². The van der Waals surface area contributed by atoms with Gasteiger partial charge in [-0.3, -0.25) is 0 Å². The van der Waals surface area contributed by atoms with E-state index in [0.29, 0.717) is 6.04 Å². The summed E-state index contributed by atoms with van der Waals surface area (Å²) in [7, 11) is 1.76. The Labute approximate surface area is 116 Å². The molecule has 0 bridgehead atoms. The van der Waals surface area contributed by atoms with E-state index in [1.807, 2.05) is 11.8 Å². The van der Waals surface area contributed by atoms with Crippen molar-refractivity contribution in [2.45, 2.75) is 37.6 Å². The third kappa shape index (κ3) is 5.89. The molecule has 2 nitrogen and oxygen atoms in total. The van der Waals surface area contributed by atoms with Crippen molar-refractivity contribution in [3.63, 3.8) is 0 Å². The van der Waals surface area contributed by atoms with Crippen LogP contribution in [-0.4, -0.2) is 26.0 Å². The highest BCUT2D eigenvalue weighted by Gasteiger charge is 2.04. The van der Waals surface area contributed by atoms with Gasteiger partial charge in [-0.2, -0.15) is 0 Å². The number of hydrogen-bond acceptors (Lipinski definition) is 3. The van der Waals surface area contributed by atoms with Gasteiger partial charge in [0.1, 0.15) is 0 Å². The second kappa shape index (κ2) is 9.42. The molecule has 102 valence electrons. The predicted molar refractivity (Wildman–Crippen MR) is 80.4 cm³/mol. The minimum Gasteiger partial charge on any atom is -0.385 e. The van der Waals surface area contributed by atoms with Gasteiger partial charge in [-0.05, 0) is 44.0 Å². The Morgan fingerprint density at radius 3 is 2.94 bits per heavy atom. The monoisotopic (exact) mass is 267 g/mol. The van der Waals surface area contributed by atoms with Gasteiger partial charge >= 0.3 is 0 Å². The highest BCUT2D eigenvalue weighted by atomic mass is 32.2. The van der Waals surface area contributed by atoms with Gasteiger partial charge in [0.15, 0.2) is 0 Å².